The summed E-state index contributed by atoms with van der Waals surface area (Å²) in [6, 6.07) is 3.23. The molecule has 1 aromatic carbocycles. The van der Waals surface area contributed by atoms with Crippen molar-refractivity contribution in [2.75, 3.05) is 5.94 Å². The van der Waals surface area contributed by atoms with Crippen LogP contribution < -0.4 is 11.5 Å². The summed E-state index contributed by atoms with van der Waals surface area (Å²) in [6.07, 6.45) is 0. The number of rotatable bonds is 1. The monoisotopic (exact) mass is 265 g/mol. The van der Waals surface area contributed by atoms with E-state index in [4.69, 9.17) is 16.2 Å². The van der Waals surface area contributed by atoms with Crippen LogP contribution in [-0.4, -0.2) is 23.8 Å². The number of carbonyl (C=O) groups is 2. The fraction of sp³-hybridized carbons (Fsp3) is 0.182. The van der Waals surface area contributed by atoms with Crippen molar-refractivity contribution in [2.45, 2.75) is 11.8 Å². The molecule has 0 saturated heterocycles. The van der Waals surface area contributed by atoms with Crippen molar-refractivity contribution < 1.29 is 14.3 Å². The molecule has 4 N–H and O–H groups in total. The first kappa shape index (κ1) is 12.4. The molecule has 0 atom stereocenters. The van der Waals surface area contributed by atoms with Crippen molar-refractivity contribution in [1.29, 1.82) is 0 Å². The molecule has 0 aromatic heterocycles. The molecule has 0 fully saturated rings. The number of carbonyl (C=O) groups excluding carboxylic acids is 2. The van der Waals surface area contributed by atoms with Gasteiger partial charge in [-0.15, -0.1) is 0 Å². The molecule has 1 amide bonds. The van der Waals surface area contributed by atoms with E-state index in [2.05, 4.69) is 4.99 Å². The van der Waals surface area contributed by atoms with Crippen LogP contribution in [-0.2, 0) is 4.74 Å². The smallest absolute Gasteiger partial charge is 0.340 e. The van der Waals surface area contributed by atoms with Crippen LogP contribution in [0.25, 0.3) is 0 Å². The zero-order valence-electron chi connectivity index (χ0n) is 9.60. The lowest BCUT2D eigenvalue weighted by atomic mass is 10.0. The van der Waals surface area contributed by atoms with E-state index in [0.29, 0.717) is 21.6 Å². The molecular weight excluding hydrogens is 254 g/mol. The van der Waals surface area contributed by atoms with Crippen LogP contribution in [0.4, 0.5) is 0 Å². The number of fused-ring (bicyclic) bond motifs is 1. The number of guanidine groups is 1. The number of nitrogens with two attached hydrogens (primary N) is 2. The van der Waals surface area contributed by atoms with Crippen LogP contribution >= 0.6 is 11.8 Å². The molecule has 94 valence electrons. The Morgan fingerprint density at radius 3 is 2.83 bits per heavy atom. The molecule has 1 aromatic rings. The second-order valence-electron chi connectivity index (χ2n) is 3.70. The fourth-order valence-corrected chi connectivity index (χ4v) is 2.39. The van der Waals surface area contributed by atoms with Gasteiger partial charge in [0.25, 0.3) is 5.91 Å². The van der Waals surface area contributed by atoms with Gasteiger partial charge < -0.3 is 16.2 Å². The summed E-state index contributed by atoms with van der Waals surface area (Å²) >= 11 is 1.35. The Labute approximate surface area is 107 Å². The number of amides is 1. The Balaban J connectivity index is 2.48. The van der Waals surface area contributed by atoms with Gasteiger partial charge in [0.2, 0.25) is 0 Å². The average molecular weight is 265 g/mol. The summed E-state index contributed by atoms with van der Waals surface area (Å²) in [7, 11) is 0. The van der Waals surface area contributed by atoms with Gasteiger partial charge in [-0.2, -0.15) is 4.99 Å². The number of cyclic esters (lactones) is 1. The van der Waals surface area contributed by atoms with Crippen molar-refractivity contribution in [2.24, 2.45) is 16.5 Å². The summed E-state index contributed by atoms with van der Waals surface area (Å²) in [5, 5.41) is 0. The van der Waals surface area contributed by atoms with Gasteiger partial charge in [0.05, 0.1) is 5.56 Å². The Morgan fingerprint density at radius 2 is 2.17 bits per heavy atom. The predicted molar refractivity (Wildman–Crippen MR) is 67.5 cm³/mol. The molecule has 18 heavy (non-hydrogen) atoms. The Kier molecular flexibility index (Phi) is 3.24. The van der Waals surface area contributed by atoms with Crippen molar-refractivity contribution >= 4 is 29.6 Å². The second-order valence-corrected chi connectivity index (χ2v) is 4.66. The molecule has 0 spiro atoms. The van der Waals surface area contributed by atoms with Gasteiger partial charge in [-0.1, -0.05) is 11.8 Å². The number of thioether (sulfide) groups is 1. The van der Waals surface area contributed by atoms with E-state index in [9.17, 15) is 9.59 Å². The quantitative estimate of drug-likeness (QED) is 0.438. The van der Waals surface area contributed by atoms with Crippen LogP contribution in [0.5, 0.6) is 0 Å². The normalized spacial score (nSPS) is 13.5. The predicted octanol–water partition coefficient (Wildman–Crippen LogP) is 0.629. The third-order valence-corrected chi connectivity index (χ3v) is 3.30. The number of aliphatic imine (C=N–C) groups is 1. The molecule has 0 aliphatic carbocycles. The number of hydrogen-bond donors (Lipinski definition) is 2. The van der Waals surface area contributed by atoms with E-state index in [1.54, 1.807) is 19.1 Å². The molecule has 0 bridgehead atoms. The minimum atomic E-state index is -0.519. The first-order valence-electron chi connectivity index (χ1n) is 5.07. The number of esters is 1. The molecule has 0 saturated carbocycles. The highest BCUT2D eigenvalue weighted by Gasteiger charge is 2.22. The highest BCUT2D eigenvalue weighted by molar-refractivity contribution is 7.99. The lowest BCUT2D eigenvalue weighted by molar-refractivity contribution is 0.0566. The number of aryl methyl sites for hydroxylation is 1. The zero-order valence-corrected chi connectivity index (χ0v) is 10.4. The number of hydrogen-bond acceptors (Lipinski definition) is 4. The van der Waals surface area contributed by atoms with Crippen molar-refractivity contribution in [3.8, 4) is 0 Å². The molecule has 2 rings (SSSR count). The van der Waals surface area contributed by atoms with Crippen LogP contribution in [0.15, 0.2) is 22.0 Å². The van der Waals surface area contributed by atoms with E-state index >= 15 is 0 Å². The molecule has 1 aliphatic heterocycles. The summed E-state index contributed by atoms with van der Waals surface area (Å²) in [6.45, 7) is 1.71. The van der Waals surface area contributed by atoms with Gasteiger partial charge in [0.1, 0.15) is 5.94 Å². The maximum Gasteiger partial charge on any atom is 0.340 e. The van der Waals surface area contributed by atoms with Gasteiger partial charge in [0.15, 0.2) is 5.96 Å². The standard InChI is InChI=1S/C11H11N3O3S/c1-5-2-7-8(18-4-17-10(7)16)3-6(5)9(15)14-11(12)13/h2-3H,4H2,1H3,(H4,12,13,14,15). The lowest BCUT2D eigenvalue weighted by Gasteiger charge is -2.16. The highest BCUT2D eigenvalue weighted by atomic mass is 32.2. The van der Waals surface area contributed by atoms with Crippen LogP contribution in [0.2, 0.25) is 0 Å². The molecule has 0 radical (unpaired) electrons. The van der Waals surface area contributed by atoms with Crippen molar-refractivity contribution in [3.63, 3.8) is 0 Å². The summed E-state index contributed by atoms with van der Waals surface area (Å²) in [5.41, 5.74) is 11.8. The maximum absolute atomic E-state index is 11.8. The Hall–Kier alpha value is -2.02. The van der Waals surface area contributed by atoms with E-state index < -0.39 is 5.91 Å². The molecule has 1 aliphatic rings. The largest absolute Gasteiger partial charge is 0.451 e. The van der Waals surface area contributed by atoms with Crippen LogP contribution in [0.1, 0.15) is 26.3 Å². The second kappa shape index (κ2) is 4.69. The van der Waals surface area contributed by atoms with E-state index in [1.165, 1.54) is 11.8 Å². The molecule has 7 heteroatoms. The zero-order chi connectivity index (χ0) is 13.3. The summed E-state index contributed by atoms with van der Waals surface area (Å²) < 4.78 is 4.90. The molecule has 0 unspecified atom stereocenters. The van der Waals surface area contributed by atoms with Crippen molar-refractivity contribution in [1.82, 2.24) is 0 Å². The number of nitrogens with zero attached hydrogens (tertiary/aromatic N) is 1. The van der Waals surface area contributed by atoms with Crippen LogP contribution in [0.3, 0.4) is 0 Å². The minimum Gasteiger partial charge on any atom is -0.451 e. The van der Waals surface area contributed by atoms with Gasteiger partial charge in [0, 0.05) is 10.5 Å². The Bertz CT molecular complexity index is 565. The third kappa shape index (κ3) is 2.30. The summed E-state index contributed by atoms with van der Waals surface area (Å²) in [5.74, 6) is -0.947. The van der Waals surface area contributed by atoms with Gasteiger partial charge in [-0.05, 0) is 24.6 Å². The van der Waals surface area contributed by atoms with E-state index in [0.717, 1.165) is 0 Å². The minimum absolute atomic E-state index is 0.241. The first-order valence-corrected chi connectivity index (χ1v) is 6.06. The number of ether oxygens (including phenoxy) is 1. The van der Waals surface area contributed by atoms with Gasteiger partial charge in [-0.3, -0.25) is 4.79 Å². The van der Waals surface area contributed by atoms with Gasteiger partial charge in [-0.25, -0.2) is 4.79 Å². The summed E-state index contributed by atoms with van der Waals surface area (Å²) in [4.78, 5) is 27.5. The lowest BCUT2D eigenvalue weighted by Crippen LogP contribution is -2.24. The molecule has 1 heterocycles. The maximum atomic E-state index is 11.8. The fourth-order valence-electron chi connectivity index (χ4n) is 1.60. The topological polar surface area (TPSA) is 108 Å². The van der Waals surface area contributed by atoms with E-state index in [1.807, 2.05) is 0 Å². The molecule has 6 nitrogen and oxygen atoms in total. The van der Waals surface area contributed by atoms with Gasteiger partial charge >= 0.3 is 5.97 Å². The van der Waals surface area contributed by atoms with Crippen molar-refractivity contribution in [3.05, 3.63) is 28.8 Å². The highest BCUT2D eigenvalue weighted by Crippen LogP contribution is 2.31. The first-order chi connectivity index (χ1) is 8.49. The average Bonchev–Trinajstić information content (AvgIpc) is 2.28. The SMILES string of the molecule is Cc1cc2c(cc1C(=O)N=C(N)N)SCOC2=O. The van der Waals surface area contributed by atoms with E-state index in [-0.39, 0.29) is 17.9 Å². The van der Waals surface area contributed by atoms with Crippen LogP contribution in [0, 0.1) is 6.92 Å². The Morgan fingerprint density at radius 1 is 1.44 bits per heavy atom. The number of benzene rings is 1. The third-order valence-electron chi connectivity index (χ3n) is 2.41. The molecular formula is C11H11N3O3S.